The summed E-state index contributed by atoms with van der Waals surface area (Å²) in [5, 5.41) is 8.29. The quantitative estimate of drug-likeness (QED) is 0.731. The third-order valence-electron chi connectivity index (χ3n) is 4.93. The summed E-state index contributed by atoms with van der Waals surface area (Å²) < 4.78 is 0. The molecule has 1 aromatic carbocycles. The molecular formula is C18H27ClN2. The molecule has 3 rings (SSSR count). The zero-order valence-electron chi connectivity index (χ0n) is 12.8. The van der Waals surface area contributed by atoms with Crippen LogP contribution in [0.15, 0.2) is 18.2 Å². The Labute approximate surface area is 133 Å². The van der Waals surface area contributed by atoms with Gasteiger partial charge in [0, 0.05) is 12.1 Å². The van der Waals surface area contributed by atoms with E-state index in [1.165, 1.54) is 69.9 Å². The van der Waals surface area contributed by atoms with Crippen molar-refractivity contribution in [3.8, 4) is 0 Å². The summed E-state index contributed by atoms with van der Waals surface area (Å²) in [5.41, 5.74) is 2.32. The molecule has 0 saturated heterocycles. The Morgan fingerprint density at radius 1 is 0.762 bits per heavy atom. The van der Waals surface area contributed by atoms with Crippen LogP contribution in [0.25, 0.3) is 0 Å². The molecule has 0 heterocycles. The van der Waals surface area contributed by atoms with Gasteiger partial charge in [0.1, 0.15) is 0 Å². The average Bonchev–Trinajstić information content (AvgIpc) is 2.53. The SMILES string of the molecule is Clc1cccc(NC2CCCCC2)c1NC1CCCCC1. The van der Waals surface area contributed by atoms with Gasteiger partial charge in [-0.15, -0.1) is 0 Å². The molecule has 2 N–H and O–H groups in total. The summed E-state index contributed by atoms with van der Waals surface area (Å²) in [7, 11) is 0. The zero-order chi connectivity index (χ0) is 14.5. The maximum Gasteiger partial charge on any atom is 0.0767 e. The van der Waals surface area contributed by atoms with Gasteiger partial charge in [0.2, 0.25) is 0 Å². The Morgan fingerprint density at radius 2 is 1.33 bits per heavy atom. The standard InChI is InChI=1S/C18H27ClN2/c19-16-12-7-13-17(20-14-8-3-1-4-9-14)18(16)21-15-10-5-2-6-11-15/h7,12-15,20-21H,1-6,8-11H2. The van der Waals surface area contributed by atoms with E-state index in [2.05, 4.69) is 22.8 Å². The van der Waals surface area contributed by atoms with E-state index in [1.54, 1.807) is 0 Å². The number of benzene rings is 1. The van der Waals surface area contributed by atoms with Crippen LogP contribution in [-0.4, -0.2) is 12.1 Å². The van der Waals surface area contributed by atoms with Crippen molar-refractivity contribution in [3.63, 3.8) is 0 Å². The van der Waals surface area contributed by atoms with Crippen molar-refractivity contribution < 1.29 is 0 Å². The molecule has 0 radical (unpaired) electrons. The van der Waals surface area contributed by atoms with Gasteiger partial charge in [-0.3, -0.25) is 0 Å². The molecule has 116 valence electrons. The molecule has 0 amide bonds. The lowest BCUT2D eigenvalue weighted by Gasteiger charge is -2.29. The normalized spacial score (nSPS) is 21.2. The second kappa shape index (κ2) is 7.40. The molecule has 0 spiro atoms. The highest BCUT2D eigenvalue weighted by atomic mass is 35.5. The van der Waals surface area contributed by atoms with Crippen LogP contribution < -0.4 is 10.6 Å². The lowest BCUT2D eigenvalue weighted by atomic mass is 9.94. The molecule has 1 aromatic rings. The van der Waals surface area contributed by atoms with Gasteiger partial charge in [-0.05, 0) is 37.8 Å². The Balaban J connectivity index is 1.71. The van der Waals surface area contributed by atoms with E-state index in [9.17, 15) is 0 Å². The molecule has 2 nitrogen and oxygen atoms in total. The summed E-state index contributed by atoms with van der Waals surface area (Å²) in [6, 6.07) is 7.43. The van der Waals surface area contributed by atoms with Gasteiger partial charge in [0.25, 0.3) is 0 Å². The van der Waals surface area contributed by atoms with E-state index in [0.29, 0.717) is 12.1 Å². The third kappa shape index (κ3) is 4.06. The number of hydrogen-bond acceptors (Lipinski definition) is 2. The van der Waals surface area contributed by atoms with Crippen LogP contribution in [0, 0.1) is 0 Å². The second-order valence-corrected chi connectivity index (χ2v) is 7.03. The van der Waals surface area contributed by atoms with Crippen molar-refractivity contribution >= 4 is 23.0 Å². The number of para-hydroxylation sites is 1. The largest absolute Gasteiger partial charge is 0.381 e. The van der Waals surface area contributed by atoms with Crippen LogP contribution >= 0.6 is 11.6 Å². The molecule has 2 aliphatic carbocycles. The van der Waals surface area contributed by atoms with E-state index >= 15 is 0 Å². The van der Waals surface area contributed by atoms with E-state index in [0.717, 1.165) is 10.7 Å². The summed E-state index contributed by atoms with van der Waals surface area (Å²) in [4.78, 5) is 0. The molecule has 21 heavy (non-hydrogen) atoms. The molecule has 2 aliphatic rings. The first-order valence-corrected chi connectivity index (χ1v) is 9.02. The summed E-state index contributed by atoms with van der Waals surface area (Å²) in [5.74, 6) is 0. The first-order valence-electron chi connectivity index (χ1n) is 8.64. The van der Waals surface area contributed by atoms with Gasteiger partial charge in [-0.2, -0.15) is 0 Å². The van der Waals surface area contributed by atoms with Crippen LogP contribution in [0.2, 0.25) is 5.02 Å². The topological polar surface area (TPSA) is 24.1 Å². The monoisotopic (exact) mass is 306 g/mol. The number of hydrogen-bond donors (Lipinski definition) is 2. The Hall–Kier alpha value is -0.890. The molecule has 0 atom stereocenters. The first-order chi connectivity index (χ1) is 10.3. The van der Waals surface area contributed by atoms with Gasteiger partial charge in [-0.1, -0.05) is 56.2 Å². The zero-order valence-corrected chi connectivity index (χ0v) is 13.6. The minimum atomic E-state index is 0.588. The molecule has 2 fully saturated rings. The van der Waals surface area contributed by atoms with Gasteiger partial charge in [-0.25, -0.2) is 0 Å². The summed E-state index contributed by atoms with van der Waals surface area (Å²) in [6.07, 6.45) is 13.3. The number of nitrogens with one attached hydrogen (secondary N) is 2. The van der Waals surface area contributed by atoms with Crippen LogP contribution in [0.5, 0.6) is 0 Å². The Morgan fingerprint density at radius 3 is 1.95 bits per heavy atom. The van der Waals surface area contributed by atoms with E-state index in [-0.39, 0.29) is 0 Å². The van der Waals surface area contributed by atoms with Crippen molar-refractivity contribution in [3.05, 3.63) is 23.2 Å². The lowest BCUT2D eigenvalue weighted by Crippen LogP contribution is -2.26. The van der Waals surface area contributed by atoms with Crippen molar-refractivity contribution in [2.45, 2.75) is 76.3 Å². The lowest BCUT2D eigenvalue weighted by molar-refractivity contribution is 0.460. The molecule has 0 aliphatic heterocycles. The highest BCUT2D eigenvalue weighted by Crippen LogP contribution is 2.34. The van der Waals surface area contributed by atoms with Crippen LogP contribution in [0.3, 0.4) is 0 Å². The highest BCUT2D eigenvalue weighted by Gasteiger charge is 2.19. The van der Waals surface area contributed by atoms with Gasteiger partial charge >= 0.3 is 0 Å². The van der Waals surface area contributed by atoms with E-state index in [4.69, 9.17) is 11.6 Å². The molecule has 2 saturated carbocycles. The molecule has 0 unspecified atom stereocenters. The maximum absolute atomic E-state index is 6.46. The molecule has 3 heteroatoms. The van der Waals surface area contributed by atoms with E-state index in [1.807, 2.05) is 6.07 Å². The first kappa shape index (κ1) is 15.0. The minimum absolute atomic E-state index is 0.588. The predicted molar refractivity (Wildman–Crippen MR) is 92.4 cm³/mol. The van der Waals surface area contributed by atoms with E-state index < -0.39 is 0 Å². The van der Waals surface area contributed by atoms with Crippen molar-refractivity contribution in [2.75, 3.05) is 10.6 Å². The second-order valence-electron chi connectivity index (χ2n) is 6.62. The Kier molecular flexibility index (Phi) is 5.29. The maximum atomic E-state index is 6.46. The summed E-state index contributed by atoms with van der Waals surface area (Å²) in [6.45, 7) is 0. The highest BCUT2D eigenvalue weighted by molar-refractivity contribution is 6.34. The molecular weight excluding hydrogens is 280 g/mol. The van der Waals surface area contributed by atoms with Gasteiger partial charge in [0.05, 0.1) is 16.4 Å². The number of anilines is 2. The smallest absolute Gasteiger partial charge is 0.0767 e. The van der Waals surface area contributed by atoms with Crippen LogP contribution in [0.4, 0.5) is 11.4 Å². The van der Waals surface area contributed by atoms with Crippen molar-refractivity contribution in [1.82, 2.24) is 0 Å². The average molecular weight is 307 g/mol. The van der Waals surface area contributed by atoms with Crippen molar-refractivity contribution in [1.29, 1.82) is 0 Å². The van der Waals surface area contributed by atoms with Crippen molar-refractivity contribution in [2.24, 2.45) is 0 Å². The molecule has 0 aromatic heterocycles. The summed E-state index contributed by atoms with van der Waals surface area (Å²) >= 11 is 6.46. The fraction of sp³-hybridized carbons (Fsp3) is 0.667. The molecule has 0 bridgehead atoms. The van der Waals surface area contributed by atoms with Crippen LogP contribution in [0.1, 0.15) is 64.2 Å². The fourth-order valence-electron chi connectivity index (χ4n) is 3.71. The number of halogens is 1. The van der Waals surface area contributed by atoms with Crippen LogP contribution in [-0.2, 0) is 0 Å². The third-order valence-corrected chi connectivity index (χ3v) is 5.25. The fourth-order valence-corrected chi connectivity index (χ4v) is 3.94. The minimum Gasteiger partial charge on any atom is -0.381 e. The Bertz CT molecular complexity index is 449. The predicted octanol–water partition coefficient (Wildman–Crippen LogP) is 5.83. The van der Waals surface area contributed by atoms with Gasteiger partial charge < -0.3 is 10.6 Å². The number of rotatable bonds is 4. The van der Waals surface area contributed by atoms with Gasteiger partial charge in [0.15, 0.2) is 0 Å².